The van der Waals surface area contributed by atoms with Gasteiger partial charge in [0.2, 0.25) is 0 Å². The average Bonchev–Trinajstić information content (AvgIpc) is 2.74. The molecule has 0 unspecified atom stereocenters. The van der Waals surface area contributed by atoms with E-state index in [4.69, 9.17) is 9.31 Å². The van der Waals surface area contributed by atoms with Crippen LogP contribution in [0.5, 0.6) is 0 Å². The minimum Gasteiger partial charge on any atom is -0.399 e. The van der Waals surface area contributed by atoms with Crippen LogP contribution in [0.3, 0.4) is 0 Å². The van der Waals surface area contributed by atoms with Gasteiger partial charge in [0, 0.05) is 17.9 Å². The third kappa shape index (κ3) is 1.93. The monoisotopic (exact) mass is 260 g/mol. The molecule has 0 aliphatic carbocycles. The first-order valence-electron chi connectivity index (χ1n) is 6.33. The molecule has 0 amide bonds. The van der Waals surface area contributed by atoms with Crippen LogP contribution in [0.4, 0.5) is 0 Å². The molecule has 0 atom stereocenters. The first-order valence-corrected chi connectivity index (χ1v) is 6.33. The fourth-order valence-corrected chi connectivity index (χ4v) is 2.00. The second-order valence-corrected chi connectivity index (χ2v) is 5.88. The van der Waals surface area contributed by atoms with E-state index in [-0.39, 0.29) is 11.2 Å². The summed E-state index contributed by atoms with van der Waals surface area (Å²) in [6, 6.07) is 0. The molecule has 2 aromatic heterocycles. The van der Waals surface area contributed by atoms with E-state index in [0.717, 1.165) is 5.46 Å². The molecule has 3 rings (SSSR count). The molecule has 1 aliphatic rings. The van der Waals surface area contributed by atoms with Crippen LogP contribution in [0.15, 0.2) is 12.4 Å². The van der Waals surface area contributed by atoms with E-state index in [1.165, 1.54) is 0 Å². The predicted octanol–water partition coefficient (Wildman–Crippen LogP) is 0.732. The summed E-state index contributed by atoms with van der Waals surface area (Å²) in [7, 11) is -0.425. The van der Waals surface area contributed by atoms with Crippen molar-refractivity contribution in [2.75, 3.05) is 0 Å². The molecule has 0 N–H and O–H groups in total. The Balaban J connectivity index is 1.97. The third-order valence-corrected chi connectivity index (χ3v) is 3.85. The van der Waals surface area contributed by atoms with E-state index in [1.54, 1.807) is 10.7 Å². The van der Waals surface area contributed by atoms with E-state index >= 15 is 0 Å². The summed E-state index contributed by atoms with van der Waals surface area (Å²) in [5.41, 5.74) is 0.131. The lowest BCUT2D eigenvalue weighted by Gasteiger charge is -2.32. The van der Waals surface area contributed by atoms with Crippen LogP contribution in [0.25, 0.3) is 5.78 Å². The van der Waals surface area contributed by atoms with Crippen molar-refractivity contribution in [1.29, 1.82) is 0 Å². The smallest absolute Gasteiger partial charge is 0.399 e. The molecule has 0 bridgehead atoms. The van der Waals surface area contributed by atoms with Gasteiger partial charge in [0.05, 0.1) is 11.2 Å². The van der Waals surface area contributed by atoms with Gasteiger partial charge in [-0.1, -0.05) is 0 Å². The normalized spacial score (nSPS) is 21.2. The van der Waals surface area contributed by atoms with E-state index in [9.17, 15) is 0 Å². The molecule has 7 heteroatoms. The summed E-state index contributed by atoms with van der Waals surface area (Å²) < 4.78 is 13.6. The van der Waals surface area contributed by atoms with E-state index in [1.807, 2.05) is 40.8 Å². The number of aromatic nitrogens is 4. The maximum absolute atomic E-state index is 5.98. The molecule has 3 heterocycles. The molecule has 100 valence electrons. The molecule has 0 radical (unpaired) electrons. The van der Waals surface area contributed by atoms with Crippen molar-refractivity contribution in [2.24, 2.45) is 0 Å². The zero-order valence-electron chi connectivity index (χ0n) is 11.8. The largest absolute Gasteiger partial charge is 0.498 e. The molecule has 0 spiro atoms. The number of hydrogen-bond acceptors (Lipinski definition) is 5. The highest BCUT2D eigenvalue weighted by Gasteiger charge is 2.52. The Kier molecular flexibility index (Phi) is 2.49. The molecule has 1 fully saturated rings. The van der Waals surface area contributed by atoms with Gasteiger partial charge in [0.1, 0.15) is 5.82 Å². The highest BCUT2D eigenvalue weighted by molar-refractivity contribution is 6.61. The number of fused-ring (bicyclic) bond motifs is 1. The van der Waals surface area contributed by atoms with Crippen LogP contribution in [0, 0.1) is 6.92 Å². The lowest BCUT2D eigenvalue weighted by Crippen LogP contribution is -2.41. The zero-order chi connectivity index (χ0) is 13.8. The zero-order valence-corrected chi connectivity index (χ0v) is 11.8. The summed E-state index contributed by atoms with van der Waals surface area (Å²) in [4.78, 5) is 8.47. The maximum Gasteiger partial charge on any atom is 0.498 e. The molecule has 6 nitrogen and oxygen atoms in total. The van der Waals surface area contributed by atoms with Gasteiger partial charge in [0.25, 0.3) is 5.78 Å². The van der Waals surface area contributed by atoms with Crippen LogP contribution in [-0.2, 0) is 9.31 Å². The highest BCUT2D eigenvalue weighted by atomic mass is 16.7. The Labute approximate surface area is 112 Å². The molecule has 0 aromatic carbocycles. The van der Waals surface area contributed by atoms with Crippen LogP contribution < -0.4 is 5.46 Å². The molecule has 19 heavy (non-hydrogen) atoms. The van der Waals surface area contributed by atoms with Crippen molar-refractivity contribution in [2.45, 2.75) is 45.8 Å². The lowest BCUT2D eigenvalue weighted by molar-refractivity contribution is 0.00578. The fraction of sp³-hybridized carbons (Fsp3) is 0.583. The van der Waals surface area contributed by atoms with Gasteiger partial charge in [-0.15, -0.1) is 0 Å². The molecule has 0 saturated carbocycles. The Morgan fingerprint density at radius 1 is 1.16 bits per heavy atom. The van der Waals surface area contributed by atoms with Crippen molar-refractivity contribution in [3.05, 3.63) is 18.2 Å². The van der Waals surface area contributed by atoms with Crippen molar-refractivity contribution in [1.82, 2.24) is 19.6 Å². The van der Waals surface area contributed by atoms with Gasteiger partial charge in [0.15, 0.2) is 0 Å². The van der Waals surface area contributed by atoms with Crippen LogP contribution in [0.2, 0.25) is 0 Å². The molecule has 2 aromatic rings. The van der Waals surface area contributed by atoms with Gasteiger partial charge in [-0.05, 0) is 34.6 Å². The topological polar surface area (TPSA) is 61.5 Å². The van der Waals surface area contributed by atoms with Gasteiger partial charge in [-0.25, -0.2) is 9.50 Å². The second-order valence-electron chi connectivity index (χ2n) is 5.88. The van der Waals surface area contributed by atoms with E-state index in [2.05, 4.69) is 15.1 Å². The minimum absolute atomic E-state index is 0.356. The quantitative estimate of drug-likeness (QED) is 0.707. The lowest BCUT2D eigenvalue weighted by atomic mass is 9.81. The Bertz CT molecular complexity index is 622. The van der Waals surface area contributed by atoms with Crippen molar-refractivity contribution in [3.63, 3.8) is 0 Å². The highest BCUT2D eigenvalue weighted by Crippen LogP contribution is 2.36. The summed E-state index contributed by atoms with van der Waals surface area (Å²) in [5.74, 6) is 1.27. The van der Waals surface area contributed by atoms with E-state index in [0.29, 0.717) is 11.6 Å². The van der Waals surface area contributed by atoms with Crippen molar-refractivity contribution < 1.29 is 9.31 Å². The molecule has 1 saturated heterocycles. The van der Waals surface area contributed by atoms with Gasteiger partial charge >= 0.3 is 7.12 Å². The molecular weight excluding hydrogens is 243 g/mol. The SMILES string of the molecule is Cc1nc2ncc(B3OC(C)(C)C(C)(C)O3)cn2n1. The van der Waals surface area contributed by atoms with E-state index < -0.39 is 7.12 Å². The van der Waals surface area contributed by atoms with Crippen molar-refractivity contribution in [3.8, 4) is 0 Å². The Morgan fingerprint density at radius 2 is 1.79 bits per heavy atom. The summed E-state index contributed by atoms with van der Waals surface area (Å²) in [5, 5.41) is 4.25. The summed E-state index contributed by atoms with van der Waals surface area (Å²) in [6.45, 7) is 9.94. The summed E-state index contributed by atoms with van der Waals surface area (Å²) >= 11 is 0. The Morgan fingerprint density at radius 3 is 2.42 bits per heavy atom. The number of hydrogen-bond donors (Lipinski definition) is 0. The number of aryl methyl sites for hydroxylation is 1. The third-order valence-electron chi connectivity index (χ3n) is 3.85. The standard InChI is InChI=1S/C12H17BN4O2/c1-8-15-10-14-6-9(7-17(10)16-8)13-18-11(2,3)12(4,5)19-13/h6-7H,1-5H3. The minimum atomic E-state index is -0.425. The van der Waals surface area contributed by atoms with Crippen molar-refractivity contribution >= 4 is 18.4 Å². The molecular formula is C12H17BN4O2. The van der Waals surface area contributed by atoms with Crippen LogP contribution >= 0.6 is 0 Å². The first-order chi connectivity index (χ1) is 8.78. The average molecular weight is 260 g/mol. The van der Waals surface area contributed by atoms with Gasteiger partial charge in [-0.2, -0.15) is 10.1 Å². The fourth-order valence-electron chi connectivity index (χ4n) is 2.00. The number of nitrogens with zero attached hydrogens (tertiary/aromatic N) is 4. The Hall–Kier alpha value is -1.47. The van der Waals surface area contributed by atoms with Gasteiger partial charge < -0.3 is 9.31 Å². The van der Waals surface area contributed by atoms with Gasteiger partial charge in [-0.3, -0.25) is 0 Å². The molecule has 1 aliphatic heterocycles. The second kappa shape index (κ2) is 3.77. The maximum atomic E-state index is 5.98. The first kappa shape index (κ1) is 12.6. The van der Waals surface area contributed by atoms with Crippen LogP contribution in [0.1, 0.15) is 33.5 Å². The number of rotatable bonds is 1. The summed E-state index contributed by atoms with van der Waals surface area (Å²) in [6.07, 6.45) is 3.58. The predicted molar refractivity (Wildman–Crippen MR) is 71.2 cm³/mol. The van der Waals surface area contributed by atoms with Crippen LogP contribution in [-0.4, -0.2) is 37.9 Å².